The van der Waals surface area contributed by atoms with E-state index in [-0.39, 0.29) is 11.8 Å². The van der Waals surface area contributed by atoms with Gasteiger partial charge in [0.1, 0.15) is 17.7 Å². The van der Waals surface area contributed by atoms with E-state index in [9.17, 15) is 4.79 Å². The molecule has 3 aromatic rings. The summed E-state index contributed by atoms with van der Waals surface area (Å²) < 4.78 is 12.7. The van der Waals surface area contributed by atoms with Crippen LogP contribution in [-0.4, -0.2) is 89.7 Å². The monoisotopic (exact) mass is 467 g/mol. The summed E-state index contributed by atoms with van der Waals surface area (Å²) in [7, 11) is 9.38. The third-order valence-electron chi connectivity index (χ3n) is 6.28. The van der Waals surface area contributed by atoms with Crippen LogP contribution >= 0.6 is 0 Å². The van der Waals surface area contributed by atoms with Crippen molar-refractivity contribution in [3.05, 3.63) is 24.7 Å². The average Bonchev–Trinajstić information content (AvgIpc) is 3.65. The largest absolute Gasteiger partial charge is 0.480 e. The third kappa shape index (κ3) is 5.28. The van der Waals surface area contributed by atoms with Crippen LogP contribution in [0.15, 0.2) is 24.7 Å². The van der Waals surface area contributed by atoms with Crippen molar-refractivity contribution in [3.63, 3.8) is 0 Å². The molecule has 2 aliphatic rings. The highest BCUT2D eigenvalue weighted by molar-refractivity contribution is 5.96. The fourth-order valence-electron chi connectivity index (χ4n) is 3.90. The molecule has 1 saturated heterocycles. The molecule has 4 heterocycles. The van der Waals surface area contributed by atoms with Crippen LogP contribution in [-0.2, 0) is 11.8 Å². The Labute approximate surface area is 199 Å². The van der Waals surface area contributed by atoms with Crippen molar-refractivity contribution in [3.8, 4) is 23.0 Å². The van der Waals surface area contributed by atoms with Crippen molar-refractivity contribution in [1.82, 2.24) is 29.3 Å². The van der Waals surface area contributed by atoms with Crippen molar-refractivity contribution in [1.29, 1.82) is 0 Å². The van der Waals surface area contributed by atoms with Crippen LogP contribution in [0.1, 0.15) is 12.8 Å². The molecule has 0 aromatic carbocycles. The van der Waals surface area contributed by atoms with E-state index >= 15 is 0 Å². The molecule has 0 atom stereocenters. The number of nitrogens with zero attached hydrogens (tertiary/aromatic N) is 6. The summed E-state index contributed by atoms with van der Waals surface area (Å²) in [6, 6.07) is 3.84. The molecule has 1 saturated carbocycles. The number of pyridine rings is 1. The molecule has 1 aliphatic carbocycles. The predicted octanol–water partition coefficient (Wildman–Crippen LogP) is 2.26. The highest BCUT2D eigenvalue weighted by atomic mass is 16.5. The number of carbonyl (C=O) groups excluding carboxylic acids is 1. The summed E-state index contributed by atoms with van der Waals surface area (Å²) in [5.74, 6) is 1.58. The Morgan fingerprint density at radius 1 is 0.941 bits per heavy atom. The number of carbonyl (C=O) groups is 1. The van der Waals surface area contributed by atoms with E-state index in [2.05, 4.69) is 44.2 Å². The Balaban J connectivity index is 0.000000291. The van der Waals surface area contributed by atoms with Crippen LogP contribution in [0.2, 0.25) is 0 Å². The summed E-state index contributed by atoms with van der Waals surface area (Å²) in [4.78, 5) is 29.4. The standard InChI is InChI=1S/C18H19N5O3.C6H14N2/c1-23-12(15-17(25-2)20-9-21-18(15)26-3)6-11-7-14(19-8-13(11)23)22-16(24)10-4-5-10;1-7-3-5-8(2)6-4-7/h6-10H,4-5H2,1-3H3,(H,19,22,24);3-6H2,1-2H3. The zero-order valence-electron chi connectivity index (χ0n) is 20.5. The van der Waals surface area contributed by atoms with Gasteiger partial charge in [0.05, 0.1) is 31.6 Å². The maximum atomic E-state index is 12.0. The van der Waals surface area contributed by atoms with Gasteiger partial charge in [-0.3, -0.25) is 4.79 Å². The van der Waals surface area contributed by atoms with E-state index in [0.29, 0.717) is 23.1 Å². The second kappa shape index (κ2) is 10.4. The van der Waals surface area contributed by atoms with Crippen molar-refractivity contribution >= 4 is 22.6 Å². The molecule has 10 heteroatoms. The second-order valence-electron chi connectivity index (χ2n) is 8.85. The number of rotatable bonds is 5. The van der Waals surface area contributed by atoms with Gasteiger partial charge in [-0.2, -0.15) is 0 Å². The van der Waals surface area contributed by atoms with Gasteiger partial charge in [-0.15, -0.1) is 0 Å². The molecule has 0 radical (unpaired) electrons. The number of hydrogen-bond acceptors (Lipinski definition) is 8. The first-order valence-electron chi connectivity index (χ1n) is 11.5. The lowest BCUT2D eigenvalue weighted by Crippen LogP contribution is -2.42. The van der Waals surface area contributed by atoms with E-state index in [1.807, 2.05) is 23.7 Å². The first-order chi connectivity index (χ1) is 16.4. The second-order valence-corrected chi connectivity index (χ2v) is 8.85. The van der Waals surface area contributed by atoms with Gasteiger partial charge in [0.2, 0.25) is 17.7 Å². The lowest BCUT2D eigenvalue weighted by Gasteiger charge is -2.28. The fourth-order valence-corrected chi connectivity index (χ4v) is 3.90. The van der Waals surface area contributed by atoms with Gasteiger partial charge < -0.3 is 29.2 Å². The SMILES string of the molecule is CN1CCN(C)CC1.COc1ncnc(OC)c1-c1cc2cc(NC(=O)C3CC3)ncc2n1C. The number of nitrogens with one attached hydrogen (secondary N) is 1. The van der Waals surface area contributed by atoms with Crippen LogP contribution in [0.5, 0.6) is 11.8 Å². The van der Waals surface area contributed by atoms with Crippen LogP contribution in [0.3, 0.4) is 0 Å². The first-order valence-corrected chi connectivity index (χ1v) is 11.5. The van der Waals surface area contributed by atoms with E-state index in [1.54, 1.807) is 20.4 Å². The Kier molecular flexibility index (Phi) is 7.28. The van der Waals surface area contributed by atoms with Gasteiger partial charge >= 0.3 is 0 Å². The Hall–Kier alpha value is -3.24. The number of piperazine rings is 1. The minimum absolute atomic E-state index is 0.0350. The minimum Gasteiger partial charge on any atom is -0.480 e. The number of ether oxygens (including phenoxy) is 2. The lowest BCUT2D eigenvalue weighted by molar-refractivity contribution is -0.117. The lowest BCUT2D eigenvalue weighted by atomic mass is 10.2. The molecule has 1 N–H and O–H groups in total. The Bertz CT molecular complexity index is 1120. The van der Waals surface area contributed by atoms with Crippen LogP contribution in [0.4, 0.5) is 5.82 Å². The van der Waals surface area contributed by atoms with E-state index in [0.717, 1.165) is 29.4 Å². The van der Waals surface area contributed by atoms with Gasteiger partial charge in [-0.1, -0.05) is 0 Å². The molecule has 1 amide bonds. The summed E-state index contributed by atoms with van der Waals surface area (Å²) in [6.07, 6.45) is 5.05. The molecule has 3 aromatic heterocycles. The predicted molar refractivity (Wildman–Crippen MR) is 131 cm³/mol. The number of aryl methyl sites for hydroxylation is 1. The fraction of sp³-hybridized carbons (Fsp3) is 0.500. The minimum atomic E-state index is 0.0350. The maximum absolute atomic E-state index is 12.0. The smallest absolute Gasteiger partial charge is 0.229 e. The molecule has 1 aliphatic heterocycles. The summed E-state index contributed by atoms with van der Waals surface area (Å²) in [5.41, 5.74) is 2.42. The van der Waals surface area contributed by atoms with E-state index < -0.39 is 0 Å². The number of hydrogen-bond donors (Lipinski definition) is 1. The van der Waals surface area contributed by atoms with E-state index in [1.165, 1.54) is 32.5 Å². The normalized spacial score (nSPS) is 16.6. The zero-order chi connectivity index (χ0) is 24.2. The highest BCUT2D eigenvalue weighted by Gasteiger charge is 2.30. The van der Waals surface area contributed by atoms with Crippen molar-refractivity contribution in [2.24, 2.45) is 13.0 Å². The number of amides is 1. The van der Waals surface area contributed by atoms with Crippen molar-refractivity contribution < 1.29 is 14.3 Å². The van der Waals surface area contributed by atoms with Gasteiger partial charge in [0.15, 0.2) is 0 Å². The molecule has 0 bridgehead atoms. The topological polar surface area (TPSA) is 97.6 Å². The van der Waals surface area contributed by atoms with Crippen LogP contribution in [0.25, 0.3) is 22.2 Å². The summed E-state index contributed by atoms with van der Waals surface area (Å²) >= 11 is 0. The van der Waals surface area contributed by atoms with E-state index in [4.69, 9.17) is 9.47 Å². The third-order valence-corrected chi connectivity index (χ3v) is 6.28. The molecular weight excluding hydrogens is 434 g/mol. The zero-order valence-corrected chi connectivity index (χ0v) is 20.5. The van der Waals surface area contributed by atoms with Gasteiger partial charge in [-0.25, -0.2) is 15.0 Å². The quantitative estimate of drug-likeness (QED) is 0.610. The number of likely N-dealkylation sites (N-methyl/N-ethyl adjacent to an activating group) is 2. The van der Waals surface area contributed by atoms with Crippen LogP contribution in [0, 0.1) is 5.92 Å². The molecule has 10 nitrogen and oxygen atoms in total. The number of aromatic nitrogens is 4. The Morgan fingerprint density at radius 3 is 2.06 bits per heavy atom. The van der Waals surface area contributed by atoms with Gasteiger partial charge in [0.25, 0.3) is 0 Å². The average molecular weight is 468 g/mol. The van der Waals surface area contributed by atoms with Gasteiger partial charge in [-0.05, 0) is 39.1 Å². The molecule has 5 rings (SSSR count). The maximum Gasteiger partial charge on any atom is 0.229 e. The molecule has 0 unspecified atom stereocenters. The number of anilines is 1. The molecule has 34 heavy (non-hydrogen) atoms. The molecule has 2 fully saturated rings. The number of fused-ring (bicyclic) bond motifs is 1. The molecular formula is C24H33N7O3. The summed E-state index contributed by atoms with van der Waals surface area (Å²) in [6.45, 7) is 4.93. The van der Waals surface area contributed by atoms with Crippen LogP contribution < -0.4 is 14.8 Å². The number of methoxy groups -OCH3 is 2. The first kappa shape index (κ1) is 23.9. The van der Waals surface area contributed by atoms with Crippen molar-refractivity contribution in [2.45, 2.75) is 12.8 Å². The highest BCUT2D eigenvalue weighted by Crippen LogP contribution is 2.38. The van der Waals surface area contributed by atoms with Crippen molar-refractivity contribution in [2.75, 3.05) is 59.8 Å². The molecule has 182 valence electrons. The summed E-state index contributed by atoms with van der Waals surface area (Å²) in [5, 5.41) is 3.82. The van der Waals surface area contributed by atoms with Gasteiger partial charge in [0, 0.05) is 44.5 Å². The Morgan fingerprint density at radius 2 is 1.53 bits per heavy atom. The molecule has 0 spiro atoms.